The maximum atomic E-state index is 13.3. The Morgan fingerprint density at radius 3 is 2.22 bits per heavy atom. The summed E-state index contributed by atoms with van der Waals surface area (Å²) in [5, 5.41) is 20.4. The number of aromatic hydroxyl groups is 1. The van der Waals surface area contributed by atoms with Crippen LogP contribution in [0.4, 0.5) is 8.78 Å². The van der Waals surface area contributed by atoms with Crippen molar-refractivity contribution in [1.82, 2.24) is 4.57 Å². The molecule has 2 aromatic carbocycles. The number of nitrogens with zero attached hydrogens (tertiary/aromatic N) is 2. The lowest BCUT2D eigenvalue weighted by Gasteiger charge is -2.20. The average molecular weight is 438 g/mol. The molecule has 0 saturated heterocycles. The van der Waals surface area contributed by atoms with Gasteiger partial charge in [0.1, 0.15) is 29.0 Å². The zero-order valence-corrected chi connectivity index (χ0v) is 17.4. The Balaban J connectivity index is 2.06. The number of rotatable bonds is 7. The molecule has 164 valence electrons. The summed E-state index contributed by atoms with van der Waals surface area (Å²) >= 11 is 0. The van der Waals surface area contributed by atoms with Gasteiger partial charge in [-0.1, -0.05) is 19.1 Å². The minimum Gasteiger partial charge on any atom is -0.494 e. The van der Waals surface area contributed by atoms with E-state index in [9.17, 15) is 28.7 Å². The maximum absolute atomic E-state index is 13.3. The molecule has 0 amide bonds. The van der Waals surface area contributed by atoms with E-state index >= 15 is 0 Å². The average Bonchev–Trinajstić information content (AvgIpc) is 2.77. The molecule has 1 heterocycles. The highest BCUT2D eigenvalue weighted by molar-refractivity contribution is 6.03. The van der Waals surface area contributed by atoms with Gasteiger partial charge in [-0.25, -0.2) is 8.78 Å². The quantitative estimate of drug-likeness (QED) is 0.561. The summed E-state index contributed by atoms with van der Waals surface area (Å²) in [5.41, 5.74) is -0.737. The second-order valence-electron chi connectivity index (χ2n) is 7.16. The van der Waals surface area contributed by atoms with Gasteiger partial charge >= 0.3 is 0 Å². The first-order valence-electron chi connectivity index (χ1n) is 9.84. The van der Waals surface area contributed by atoms with Crippen molar-refractivity contribution in [3.63, 3.8) is 0 Å². The van der Waals surface area contributed by atoms with Crippen molar-refractivity contribution in [2.45, 2.75) is 32.9 Å². The van der Waals surface area contributed by atoms with E-state index in [4.69, 9.17) is 4.74 Å². The minimum atomic E-state index is -1.05. The van der Waals surface area contributed by atoms with E-state index in [1.807, 2.05) is 0 Å². The standard InChI is InChI=1S/C24H20F2N2O4/c1-3-20(32-18-10-8-17(26)9-11-18)22(29)21-14(2)19(12-27)23(30)28(24(21)31)13-15-4-6-16(25)7-5-15/h4-11,20,31H,3,13H2,1-2H3. The zero-order valence-electron chi connectivity index (χ0n) is 17.4. The van der Waals surface area contributed by atoms with Crippen LogP contribution in [0.25, 0.3) is 0 Å². The van der Waals surface area contributed by atoms with Crippen molar-refractivity contribution in [1.29, 1.82) is 5.26 Å². The van der Waals surface area contributed by atoms with Crippen LogP contribution in [-0.4, -0.2) is 21.6 Å². The smallest absolute Gasteiger partial charge is 0.271 e. The summed E-state index contributed by atoms with van der Waals surface area (Å²) in [6.07, 6.45) is -0.831. The van der Waals surface area contributed by atoms with Crippen LogP contribution in [0.1, 0.15) is 40.4 Å². The van der Waals surface area contributed by atoms with Crippen molar-refractivity contribution < 1.29 is 23.4 Å². The number of halogens is 2. The van der Waals surface area contributed by atoms with Crippen molar-refractivity contribution in [2.75, 3.05) is 0 Å². The van der Waals surface area contributed by atoms with Gasteiger partial charge in [-0.15, -0.1) is 0 Å². The van der Waals surface area contributed by atoms with Crippen LogP contribution >= 0.6 is 0 Å². The van der Waals surface area contributed by atoms with Crippen LogP contribution in [0.2, 0.25) is 0 Å². The van der Waals surface area contributed by atoms with Gasteiger partial charge in [0, 0.05) is 0 Å². The molecule has 0 radical (unpaired) electrons. The van der Waals surface area contributed by atoms with Crippen molar-refractivity contribution in [3.8, 4) is 17.7 Å². The van der Waals surface area contributed by atoms with Crippen LogP contribution < -0.4 is 10.3 Å². The monoisotopic (exact) mass is 438 g/mol. The SMILES string of the molecule is CCC(Oc1ccc(F)cc1)C(=O)c1c(C)c(C#N)c(=O)n(Cc2ccc(F)cc2)c1O. The van der Waals surface area contributed by atoms with Crippen LogP contribution in [0, 0.1) is 29.9 Å². The van der Waals surface area contributed by atoms with Gasteiger partial charge < -0.3 is 9.84 Å². The predicted molar refractivity (Wildman–Crippen MR) is 113 cm³/mol. The molecule has 0 aliphatic carbocycles. The number of carbonyl (C=O) groups excluding carboxylic acids is 1. The normalized spacial score (nSPS) is 11.6. The lowest BCUT2D eigenvalue weighted by molar-refractivity contribution is 0.0781. The second-order valence-corrected chi connectivity index (χ2v) is 7.16. The van der Waals surface area contributed by atoms with Gasteiger partial charge in [-0.3, -0.25) is 14.2 Å². The summed E-state index contributed by atoms with van der Waals surface area (Å²) in [5.74, 6) is -1.91. The van der Waals surface area contributed by atoms with E-state index in [-0.39, 0.29) is 35.4 Å². The van der Waals surface area contributed by atoms with Crippen molar-refractivity contribution in [3.05, 3.63) is 92.8 Å². The first-order chi connectivity index (χ1) is 15.3. The van der Waals surface area contributed by atoms with Gasteiger partial charge in [0.05, 0.1) is 12.1 Å². The van der Waals surface area contributed by atoms with Crippen LogP contribution in [0.5, 0.6) is 11.6 Å². The molecule has 1 atom stereocenters. The number of ether oxygens (including phenoxy) is 1. The van der Waals surface area contributed by atoms with E-state index in [2.05, 4.69) is 0 Å². The number of benzene rings is 2. The highest BCUT2D eigenvalue weighted by Gasteiger charge is 2.29. The fraction of sp³-hybridized carbons (Fsp3) is 0.208. The molecule has 3 rings (SSSR count). The van der Waals surface area contributed by atoms with Gasteiger partial charge in [-0.2, -0.15) is 5.26 Å². The van der Waals surface area contributed by atoms with Crippen LogP contribution in [-0.2, 0) is 6.54 Å². The molecular formula is C24H20F2N2O4. The number of hydrogen-bond acceptors (Lipinski definition) is 5. The molecule has 3 aromatic rings. The first kappa shape index (κ1) is 22.7. The van der Waals surface area contributed by atoms with Crippen LogP contribution in [0.15, 0.2) is 53.3 Å². The summed E-state index contributed by atoms with van der Waals surface area (Å²) < 4.78 is 33.0. The van der Waals surface area contributed by atoms with Crippen molar-refractivity contribution >= 4 is 5.78 Å². The molecule has 0 aliphatic heterocycles. The lowest BCUT2D eigenvalue weighted by Crippen LogP contribution is -2.32. The molecule has 0 fully saturated rings. The van der Waals surface area contributed by atoms with E-state index in [0.717, 1.165) is 4.57 Å². The number of Topliss-reactive ketones (excluding diaryl/α,β-unsaturated/α-hetero) is 1. The van der Waals surface area contributed by atoms with E-state index in [1.165, 1.54) is 55.5 Å². The molecule has 1 N–H and O–H groups in total. The molecule has 32 heavy (non-hydrogen) atoms. The molecule has 0 aliphatic rings. The van der Waals surface area contributed by atoms with Gasteiger partial charge in [0.25, 0.3) is 5.56 Å². The molecule has 6 nitrogen and oxygen atoms in total. The van der Waals surface area contributed by atoms with Gasteiger partial charge in [0.15, 0.2) is 6.10 Å². The highest BCUT2D eigenvalue weighted by atomic mass is 19.1. The van der Waals surface area contributed by atoms with Gasteiger partial charge in [0.2, 0.25) is 11.7 Å². The number of aromatic nitrogens is 1. The number of pyridine rings is 1. The molecule has 1 unspecified atom stereocenters. The number of ketones is 1. The molecule has 8 heteroatoms. The Kier molecular flexibility index (Phi) is 6.69. The topological polar surface area (TPSA) is 92.3 Å². The molecule has 0 saturated carbocycles. The largest absolute Gasteiger partial charge is 0.494 e. The van der Waals surface area contributed by atoms with E-state index in [1.54, 1.807) is 13.0 Å². The molecule has 0 bridgehead atoms. The summed E-state index contributed by atoms with van der Waals surface area (Å²) in [6.45, 7) is 2.92. The Bertz CT molecular complexity index is 1240. The third-order valence-corrected chi connectivity index (χ3v) is 5.06. The number of nitriles is 1. The summed E-state index contributed by atoms with van der Waals surface area (Å²) in [6, 6.07) is 12.2. The van der Waals surface area contributed by atoms with Crippen molar-refractivity contribution in [2.24, 2.45) is 0 Å². The maximum Gasteiger partial charge on any atom is 0.271 e. The fourth-order valence-electron chi connectivity index (χ4n) is 3.33. The predicted octanol–water partition coefficient (Wildman–Crippen LogP) is 4.10. The highest BCUT2D eigenvalue weighted by Crippen LogP contribution is 2.26. The molecular weight excluding hydrogens is 418 g/mol. The Labute approximate surface area is 182 Å². The Morgan fingerprint density at radius 1 is 1.12 bits per heavy atom. The Hall–Kier alpha value is -3.99. The molecule has 1 aromatic heterocycles. The van der Waals surface area contributed by atoms with E-state index in [0.29, 0.717) is 5.56 Å². The van der Waals surface area contributed by atoms with Gasteiger partial charge in [-0.05, 0) is 60.9 Å². The summed E-state index contributed by atoms with van der Waals surface area (Å²) in [7, 11) is 0. The second kappa shape index (κ2) is 9.43. The minimum absolute atomic E-state index is 0.0384. The fourth-order valence-corrected chi connectivity index (χ4v) is 3.33. The number of carbonyl (C=O) groups is 1. The van der Waals surface area contributed by atoms with E-state index < -0.39 is 35.0 Å². The molecule has 0 spiro atoms. The Morgan fingerprint density at radius 2 is 1.69 bits per heavy atom. The zero-order chi connectivity index (χ0) is 23.4. The number of hydrogen-bond donors (Lipinski definition) is 1. The third-order valence-electron chi connectivity index (χ3n) is 5.06. The first-order valence-corrected chi connectivity index (χ1v) is 9.84. The van der Waals surface area contributed by atoms with Crippen LogP contribution in [0.3, 0.4) is 0 Å². The summed E-state index contributed by atoms with van der Waals surface area (Å²) in [4.78, 5) is 26.1. The third kappa shape index (κ3) is 4.52. The lowest BCUT2D eigenvalue weighted by atomic mass is 9.97.